The molecule has 0 aliphatic rings. The summed E-state index contributed by atoms with van der Waals surface area (Å²) in [6.07, 6.45) is -3.48. The minimum atomic E-state index is -4.37. The second-order valence-electron chi connectivity index (χ2n) is 4.57. The summed E-state index contributed by atoms with van der Waals surface area (Å²) >= 11 is 0. The summed E-state index contributed by atoms with van der Waals surface area (Å²) in [7, 11) is 0. The molecule has 1 nitrogen and oxygen atoms in total. The molecular formula is C16H14F3O. The SMILES string of the molecule is CC(O)c1ccc([CH]c2ccccc2C(F)(F)F)cc1. The Hall–Kier alpha value is -1.81. The van der Waals surface area contributed by atoms with Gasteiger partial charge in [-0.25, -0.2) is 0 Å². The Morgan fingerprint density at radius 3 is 2.15 bits per heavy atom. The lowest BCUT2D eigenvalue weighted by Gasteiger charge is -2.12. The van der Waals surface area contributed by atoms with Gasteiger partial charge in [-0.3, -0.25) is 0 Å². The van der Waals surface area contributed by atoms with E-state index in [1.165, 1.54) is 18.6 Å². The lowest BCUT2D eigenvalue weighted by molar-refractivity contribution is -0.137. The zero-order chi connectivity index (χ0) is 14.8. The molecule has 0 amide bonds. The second-order valence-corrected chi connectivity index (χ2v) is 4.57. The molecule has 0 bridgehead atoms. The van der Waals surface area contributed by atoms with Gasteiger partial charge in [0.15, 0.2) is 0 Å². The summed E-state index contributed by atoms with van der Waals surface area (Å²) < 4.78 is 38.6. The lowest BCUT2D eigenvalue weighted by Crippen LogP contribution is -2.08. The van der Waals surface area contributed by atoms with E-state index in [9.17, 15) is 18.3 Å². The molecule has 1 unspecified atom stereocenters. The van der Waals surface area contributed by atoms with Crippen molar-refractivity contribution in [3.05, 3.63) is 77.2 Å². The van der Waals surface area contributed by atoms with Crippen LogP contribution in [0.3, 0.4) is 0 Å². The maximum Gasteiger partial charge on any atom is 0.416 e. The first-order valence-electron chi connectivity index (χ1n) is 6.17. The average Bonchev–Trinajstić information content (AvgIpc) is 2.38. The summed E-state index contributed by atoms with van der Waals surface area (Å²) in [5.74, 6) is 0. The third kappa shape index (κ3) is 3.39. The van der Waals surface area contributed by atoms with E-state index >= 15 is 0 Å². The fourth-order valence-electron chi connectivity index (χ4n) is 1.93. The standard InChI is InChI=1S/C16H14F3O/c1-11(20)13-8-6-12(7-9-13)10-14-4-2-3-5-15(14)16(17,18)19/h2-11,20H,1H3. The van der Waals surface area contributed by atoms with Gasteiger partial charge in [0.1, 0.15) is 0 Å². The highest BCUT2D eigenvalue weighted by Gasteiger charge is 2.32. The summed E-state index contributed by atoms with van der Waals surface area (Å²) in [4.78, 5) is 0. The van der Waals surface area contributed by atoms with E-state index < -0.39 is 17.8 Å². The zero-order valence-electron chi connectivity index (χ0n) is 10.9. The van der Waals surface area contributed by atoms with E-state index in [-0.39, 0.29) is 5.56 Å². The Balaban J connectivity index is 2.26. The first kappa shape index (κ1) is 14.6. The molecule has 2 aromatic rings. The number of halogens is 3. The third-order valence-electron chi connectivity index (χ3n) is 3.01. The van der Waals surface area contributed by atoms with Gasteiger partial charge in [-0.2, -0.15) is 13.2 Å². The van der Waals surface area contributed by atoms with Crippen LogP contribution in [0.4, 0.5) is 13.2 Å². The second kappa shape index (κ2) is 5.67. The van der Waals surface area contributed by atoms with Crippen molar-refractivity contribution in [2.24, 2.45) is 0 Å². The molecule has 0 aliphatic carbocycles. The maximum atomic E-state index is 12.9. The van der Waals surface area contributed by atoms with Crippen LogP contribution < -0.4 is 0 Å². The van der Waals surface area contributed by atoms with E-state index in [1.54, 1.807) is 37.3 Å². The highest BCUT2D eigenvalue weighted by Crippen LogP contribution is 2.33. The molecule has 2 rings (SSSR count). The number of aliphatic hydroxyl groups excluding tert-OH is 1. The smallest absolute Gasteiger partial charge is 0.389 e. The van der Waals surface area contributed by atoms with Crippen molar-refractivity contribution in [1.29, 1.82) is 0 Å². The molecule has 0 fully saturated rings. The van der Waals surface area contributed by atoms with E-state index in [4.69, 9.17) is 0 Å². The molecular weight excluding hydrogens is 265 g/mol. The molecule has 0 heterocycles. The van der Waals surface area contributed by atoms with E-state index in [0.717, 1.165) is 11.6 Å². The number of hydrogen-bond donors (Lipinski definition) is 1. The van der Waals surface area contributed by atoms with Crippen LogP contribution in [0.15, 0.2) is 48.5 Å². The molecule has 0 saturated carbocycles. The van der Waals surface area contributed by atoms with Crippen molar-refractivity contribution < 1.29 is 18.3 Å². The number of hydrogen-bond acceptors (Lipinski definition) is 1. The van der Waals surface area contributed by atoms with Crippen LogP contribution in [0.5, 0.6) is 0 Å². The van der Waals surface area contributed by atoms with Gasteiger partial charge in [-0.1, -0.05) is 42.5 Å². The van der Waals surface area contributed by atoms with Gasteiger partial charge in [0.05, 0.1) is 11.7 Å². The van der Waals surface area contributed by atoms with Crippen LogP contribution in [0, 0.1) is 6.42 Å². The quantitative estimate of drug-likeness (QED) is 0.885. The minimum absolute atomic E-state index is 0.129. The monoisotopic (exact) mass is 279 g/mol. The molecule has 0 aromatic heterocycles. The van der Waals surface area contributed by atoms with Crippen molar-refractivity contribution in [3.8, 4) is 0 Å². The van der Waals surface area contributed by atoms with Gasteiger partial charge in [0.2, 0.25) is 0 Å². The minimum Gasteiger partial charge on any atom is -0.389 e. The van der Waals surface area contributed by atoms with Gasteiger partial charge < -0.3 is 5.11 Å². The van der Waals surface area contributed by atoms with Gasteiger partial charge in [-0.05, 0) is 29.7 Å². The third-order valence-corrected chi connectivity index (χ3v) is 3.01. The van der Waals surface area contributed by atoms with Crippen molar-refractivity contribution in [2.75, 3.05) is 0 Å². The van der Waals surface area contributed by atoms with Crippen LogP contribution in [0.2, 0.25) is 0 Å². The first-order chi connectivity index (χ1) is 9.38. The fraction of sp³-hybridized carbons (Fsp3) is 0.188. The number of benzene rings is 2. The van der Waals surface area contributed by atoms with Gasteiger partial charge in [0.25, 0.3) is 0 Å². The average molecular weight is 279 g/mol. The lowest BCUT2D eigenvalue weighted by atomic mass is 9.98. The Kier molecular flexibility index (Phi) is 4.14. The summed E-state index contributed by atoms with van der Waals surface area (Å²) in [6.45, 7) is 1.64. The summed E-state index contributed by atoms with van der Waals surface area (Å²) in [5, 5.41) is 9.40. The molecule has 0 spiro atoms. The predicted octanol–water partition coefficient (Wildman–Crippen LogP) is 4.36. The molecule has 2 aromatic carbocycles. The van der Waals surface area contributed by atoms with E-state index in [2.05, 4.69) is 0 Å². The first-order valence-corrected chi connectivity index (χ1v) is 6.17. The number of rotatable bonds is 3. The summed E-state index contributed by atoms with van der Waals surface area (Å²) in [5.41, 5.74) is 0.863. The highest BCUT2D eigenvalue weighted by atomic mass is 19.4. The molecule has 20 heavy (non-hydrogen) atoms. The van der Waals surface area contributed by atoms with E-state index in [1.807, 2.05) is 0 Å². The van der Waals surface area contributed by atoms with Gasteiger partial charge >= 0.3 is 6.18 Å². The molecule has 0 saturated heterocycles. The Labute approximate surface area is 115 Å². The van der Waals surface area contributed by atoms with Gasteiger partial charge in [-0.15, -0.1) is 0 Å². The molecule has 1 atom stereocenters. The van der Waals surface area contributed by atoms with Crippen LogP contribution in [0.25, 0.3) is 0 Å². The molecule has 0 aliphatic heterocycles. The van der Waals surface area contributed by atoms with Gasteiger partial charge in [0, 0.05) is 6.42 Å². The largest absolute Gasteiger partial charge is 0.416 e. The molecule has 4 heteroatoms. The van der Waals surface area contributed by atoms with Crippen molar-refractivity contribution in [2.45, 2.75) is 19.2 Å². The normalized spacial score (nSPS) is 13.2. The van der Waals surface area contributed by atoms with Crippen molar-refractivity contribution in [1.82, 2.24) is 0 Å². The Morgan fingerprint density at radius 1 is 1.00 bits per heavy atom. The Bertz CT molecular complexity index is 571. The maximum absolute atomic E-state index is 12.9. The highest BCUT2D eigenvalue weighted by molar-refractivity contribution is 5.43. The topological polar surface area (TPSA) is 20.2 Å². The number of alkyl halides is 3. The van der Waals surface area contributed by atoms with Crippen LogP contribution in [-0.2, 0) is 6.18 Å². The molecule has 1 N–H and O–H groups in total. The van der Waals surface area contributed by atoms with Crippen LogP contribution >= 0.6 is 0 Å². The number of aliphatic hydroxyl groups is 1. The van der Waals surface area contributed by atoms with Crippen molar-refractivity contribution >= 4 is 0 Å². The fourth-order valence-corrected chi connectivity index (χ4v) is 1.93. The zero-order valence-corrected chi connectivity index (χ0v) is 10.9. The molecule has 105 valence electrons. The van der Waals surface area contributed by atoms with Crippen LogP contribution in [0.1, 0.15) is 35.3 Å². The summed E-state index contributed by atoms with van der Waals surface area (Å²) in [6, 6.07) is 12.2. The van der Waals surface area contributed by atoms with Crippen LogP contribution in [-0.4, -0.2) is 5.11 Å². The molecule has 1 radical (unpaired) electrons. The predicted molar refractivity (Wildman–Crippen MR) is 71.0 cm³/mol. The van der Waals surface area contributed by atoms with Crippen molar-refractivity contribution in [3.63, 3.8) is 0 Å². The van der Waals surface area contributed by atoms with E-state index in [0.29, 0.717) is 5.56 Å². The Morgan fingerprint density at radius 2 is 1.60 bits per heavy atom.